The largest absolute Gasteiger partial charge is 0.359 e. The molecule has 26 heavy (non-hydrogen) atoms. The van der Waals surface area contributed by atoms with E-state index in [1.54, 1.807) is 6.33 Å². The first kappa shape index (κ1) is 17.0. The maximum Gasteiger partial charge on any atom is 0.165 e. The maximum absolute atomic E-state index is 4.74. The highest BCUT2D eigenvalue weighted by Crippen LogP contribution is 2.35. The third kappa shape index (κ3) is 2.94. The van der Waals surface area contributed by atoms with E-state index in [0.717, 1.165) is 30.4 Å². The molecule has 3 aromatic heterocycles. The second-order valence-corrected chi connectivity index (χ2v) is 7.31. The fourth-order valence-electron chi connectivity index (χ4n) is 4.19. The van der Waals surface area contributed by atoms with E-state index in [1.165, 1.54) is 18.5 Å². The number of anilines is 1. The molecule has 0 aliphatic carbocycles. The van der Waals surface area contributed by atoms with Crippen molar-refractivity contribution in [2.24, 2.45) is 13.0 Å². The Morgan fingerprint density at radius 3 is 2.92 bits per heavy atom. The molecule has 8 nitrogen and oxygen atoms in total. The molecule has 138 valence electrons. The number of likely N-dealkylation sites (tertiary alicyclic amines) is 1. The van der Waals surface area contributed by atoms with E-state index >= 15 is 0 Å². The number of aryl methyl sites for hydroxylation is 2. The SMILES string of the molecule is Cc1nc(N(C)C[C@@H]2CCCN(C)[C@H]2c2ccnn2C)cc2nncn12. The van der Waals surface area contributed by atoms with Crippen LogP contribution in [0.4, 0.5) is 5.82 Å². The monoisotopic (exact) mass is 354 g/mol. The molecule has 0 bridgehead atoms. The van der Waals surface area contributed by atoms with E-state index in [1.807, 2.05) is 35.3 Å². The van der Waals surface area contributed by atoms with E-state index in [-0.39, 0.29) is 0 Å². The fraction of sp³-hybridized carbons (Fsp3) is 0.556. The summed E-state index contributed by atoms with van der Waals surface area (Å²) in [5.74, 6) is 2.36. The summed E-state index contributed by atoms with van der Waals surface area (Å²) >= 11 is 0. The van der Waals surface area contributed by atoms with Gasteiger partial charge in [0.1, 0.15) is 18.0 Å². The highest BCUT2D eigenvalue weighted by Gasteiger charge is 2.33. The van der Waals surface area contributed by atoms with E-state index in [0.29, 0.717) is 12.0 Å². The van der Waals surface area contributed by atoms with Crippen LogP contribution in [0.2, 0.25) is 0 Å². The summed E-state index contributed by atoms with van der Waals surface area (Å²) in [4.78, 5) is 9.44. The Balaban J connectivity index is 1.60. The topological polar surface area (TPSA) is 67.4 Å². The Labute approximate surface area is 153 Å². The van der Waals surface area contributed by atoms with Crippen molar-refractivity contribution in [3.63, 3.8) is 0 Å². The molecule has 1 aliphatic rings. The summed E-state index contributed by atoms with van der Waals surface area (Å²) in [6, 6.07) is 4.52. The molecule has 0 N–H and O–H groups in total. The normalized spacial score (nSPS) is 21.4. The molecule has 1 fully saturated rings. The second-order valence-electron chi connectivity index (χ2n) is 7.31. The standard InChI is InChI=1S/C18H26N8/c1-13-21-16(10-17-22-19-12-26(13)17)24(3)11-14-6-5-9-23(2)18(14)15-7-8-20-25(15)4/h7-8,10,12,14,18H,5-6,9,11H2,1-4H3/t14-,18+/m0/s1. The van der Waals surface area contributed by atoms with Gasteiger partial charge in [-0.15, -0.1) is 10.2 Å². The van der Waals surface area contributed by atoms with Crippen LogP contribution in [0.5, 0.6) is 0 Å². The summed E-state index contributed by atoms with van der Waals surface area (Å²) in [5.41, 5.74) is 2.12. The summed E-state index contributed by atoms with van der Waals surface area (Å²) in [6.45, 7) is 4.05. The molecular formula is C18H26N8. The van der Waals surface area contributed by atoms with Crippen LogP contribution in [0.3, 0.4) is 0 Å². The van der Waals surface area contributed by atoms with Crippen molar-refractivity contribution in [2.75, 3.05) is 32.1 Å². The van der Waals surface area contributed by atoms with E-state index in [4.69, 9.17) is 4.98 Å². The van der Waals surface area contributed by atoms with Gasteiger partial charge in [-0.3, -0.25) is 14.0 Å². The number of hydrogen-bond acceptors (Lipinski definition) is 6. The Morgan fingerprint density at radius 1 is 1.31 bits per heavy atom. The first-order valence-corrected chi connectivity index (χ1v) is 9.11. The lowest BCUT2D eigenvalue weighted by atomic mass is 9.87. The van der Waals surface area contributed by atoms with Gasteiger partial charge in [0.05, 0.1) is 11.7 Å². The van der Waals surface area contributed by atoms with Gasteiger partial charge in [-0.25, -0.2) is 4.98 Å². The predicted molar refractivity (Wildman–Crippen MR) is 100 cm³/mol. The summed E-state index contributed by atoms with van der Waals surface area (Å²) < 4.78 is 3.91. The van der Waals surface area contributed by atoms with Crippen molar-refractivity contribution >= 4 is 11.5 Å². The zero-order valence-electron chi connectivity index (χ0n) is 15.9. The van der Waals surface area contributed by atoms with Gasteiger partial charge in [-0.2, -0.15) is 5.10 Å². The van der Waals surface area contributed by atoms with Gasteiger partial charge in [0, 0.05) is 32.9 Å². The zero-order chi connectivity index (χ0) is 18.3. The number of piperidine rings is 1. The zero-order valence-corrected chi connectivity index (χ0v) is 15.9. The highest BCUT2D eigenvalue weighted by atomic mass is 15.3. The minimum absolute atomic E-state index is 0.372. The average molecular weight is 354 g/mol. The van der Waals surface area contributed by atoms with Crippen molar-refractivity contribution in [1.82, 2.24) is 34.3 Å². The molecule has 8 heteroatoms. The quantitative estimate of drug-likeness (QED) is 0.710. The van der Waals surface area contributed by atoms with Crippen LogP contribution in [0.1, 0.15) is 30.4 Å². The molecule has 0 saturated carbocycles. The minimum Gasteiger partial charge on any atom is -0.359 e. The summed E-state index contributed by atoms with van der Waals surface area (Å²) in [6.07, 6.45) is 6.02. The predicted octanol–water partition coefficient (Wildman–Crippen LogP) is 1.69. The van der Waals surface area contributed by atoms with Crippen LogP contribution in [-0.4, -0.2) is 61.4 Å². The molecule has 0 aromatic carbocycles. The molecule has 1 aliphatic heterocycles. The van der Waals surface area contributed by atoms with Crippen molar-refractivity contribution in [1.29, 1.82) is 0 Å². The average Bonchev–Trinajstić information content (AvgIpc) is 3.24. The summed E-state index contributed by atoms with van der Waals surface area (Å²) in [7, 11) is 6.36. The van der Waals surface area contributed by atoms with Crippen molar-refractivity contribution in [3.05, 3.63) is 36.2 Å². The molecule has 4 heterocycles. The van der Waals surface area contributed by atoms with Crippen molar-refractivity contribution < 1.29 is 0 Å². The first-order valence-electron chi connectivity index (χ1n) is 9.11. The lowest BCUT2D eigenvalue weighted by molar-refractivity contribution is 0.118. The Morgan fingerprint density at radius 2 is 2.15 bits per heavy atom. The maximum atomic E-state index is 4.74. The number of fused-ring (bicyclic) bond motifs is 1. The molecule has 0 spiro atoms. The third-order valence-electron chi connectivity index (χ3n) is 5.53. The Hall–Kier alpha value is -2.48. The smallest absolute Gasteiger partial charge is 0.165 e. The van der Waals surface area contributed by atoms with Crippen LogP contribution in [0, 0.1) is 12.8 Å². The number of nitrogens with zero attached hydrogens (tertiary/aromatic N) is 8. The van der Waals surface area contributed by atoms with Crippen molar-refractivity contribution in [3.8, 4) is 0 Å². The molecule has 0 unspecified atom stereocenters. The van der Waals surface area contributed by atoms with Crippen LogP contribution >= 0.6 is 0 Å². The molecule has 1 saturated heterocycles. The van der Waals surface area contributed by atoms with Gasteiger partial charge in [-0.05, 0) is 45.3 Å². The molecule has 0 radical (unpaired) electrons. The highest BCUT2D eigenvalue weighted by molar-refractivity contribution is 5.51. The number of hydrogen-bond donors (Lipinski definition) is 0. The molecule has 0 amide bonds. The minimum atomic E-state index is 0.372. The number of rotatable bonds is 4. The molecule has 2 atom stereocenters. The molecular weight excluding hydrogens is 328 g/mol. The third-order valence-corrected chi connectivity index (χ3v) is 5.53. The molecule has 4 rings (SSSR count). The van der Waals surface area contributed by atoms with Crippen LogP contribution < -0.4 is 4.90 Å². The number of aromatic nitrogens is 6. The lowest BCUT2D eigenvalue weighted by Gasteiger charge is -2.41. The van der Waals surface area contributed by atoms with Gasteiger partial charge >= 0.3 is 0 Å². The first-order chi connectivity index (χ1) is 12.5. The van der Waals surface area contributed by atoms with E-state index in [2.05, 4.69) is 45.3 Å². The molecule has 3 aromatic rings. The van der Waals surface area contributed by atoms with Crippen molar-refractivity contribution in [2.45, 2.75) is 25.8 Å². The van der Waals surface area contributed by atoms with Crippen LogP contribution in [-0.2, 0) is 7.05 Å². The Bertz CT molecular complexity index is 898. The van der Waals surface area contributed by atoms with Gasteiger partial charge < -0.3 is 4.90 Å². The lowest BCUT2D eigenvalue weighted by Crippen LogP contribution is -2.42. The van der Waals surface area contributed by atoms with E-state index < -0.39 is 0 Å². The Kier molecular flexibility index (Phi) is 4.36. The van der Waals surface area contributed by atoms with Gasteiger partial charge in [0.2, 0.25) is 0 Å². The van der Waals surface area contributed by atoms with Crippen LogP contribution in [0.25, 0.3) is 5.65 Å². The summed E-state index contributed by atoms with van der Waals surface area (Å²) in [5, 5.41) is 12.5. The van der Waals surface area contributed by atoms with Crippen LogP contribution in [0.15, 0.2) is 24.7 Å². The second kappa shape index (κ2) is 6.68. The van der Waals surface area contributed by atoms with Gasteiger partial charge in [-0.1, -0.05) is 0 Å². The van der Waals surface area contributed by atoms with Gasteiger partial charge in [0.15, 0.2) is 5.65 Å². The van der Waals surface area contributed by atoms with E-state index in [9.17, 15) is 0 Å². The fourth-order valence-corrected chi connectivity index (χ4v) is 4.19. The van der Waals surface area contributed by atoms with Gasteiger partial charge in [0.25, 0.3) is 0 Å².